The summed E-state index contributed by atoms with van der Waals surface area (Å²) >= 11 is 3.60. The SMILES string of the molecule is CCOc1cc(/C=N\Nc2ccc([N+](=O)[O-])cc2)cc(Br)c1OCc1cccc2ccccc12. The summed E-state index contributed by atoms with van der Waals surface area (Å²) in [4.78, 5) is 10.3. The lowest BCUT2D eigenvalue weighted by molar-refractivity contribution is -0.384. The van der Waals surface area contributed by atoms with Crippen LogP contribution in [-0.2, 0) is 6.61 Å². The van der Waals surface area contributed by atoms with Gasteiger partial charge in [-0.1, -0.05) is 42.5 Å². The first kappa shape index (κ1) is 23.3. The summed E-state index contributed by atoms with van der Waals surface area (Å²) in [6.07, 6.45) is 1.64. The second kappa shape index (κ2) is 10.8. The Balaban J connectivity index is 1.50. The third kappa shape index (κ3) is 5.52. The Labute approximate surface area is 205 Å². The van der Waals surface area contributed by atoms with E-state index in [2.05, 4.69) is 50.7 Å². The average molecular weight is 520 g/mol. The van der Waals surface area contributed by atoms with E-state index < -0.39 is 4.92 Å². The van der Waals surface area contributed by atoms with Gasteiger partial charge < -0.3 is 9.47 Å². The van der Waals surface area contributed by atoms with E-state index in [9.17, 15) is 10.1 Å². The lowest BCUT2D eigenvalue weighted by Crippen LogP contribution is -2.02. The van der Waals surface area contributed by atoms with Crippen molar-refractivity contribution in [1.82, 2.24) is 0 Å². The van der Waals surface area contributed by atoms with Crippen LogP contribution in [0.5, 0.6) is 11.5 Å². The van der Waals surface area contributed by atoms with Crippen molar-refractivity contribution in [1.29, 1.82) is 0 Å². The van der Waals surface area contributed by atoms with Crippen molar-refractivity contribution in [3.63, 3.8) is 0 Å². The van der Waals surface area contributed by atoms with Gasteiger partial charge in [-0.2, -0.15) is 5.10 Å². The maximum absolute atomic E-state index is 10.8. The van der Waals surface area contributed by atoms with Gasteiger partial charge in [0, 0.05) is 12.1 Å². The number of hydrogen-bond acceptors (Lipinski definition) is 6. The smallest absolute Gasteiger partial charge is 0.269 e. The molecule has 0 aliphatic carbocycles. The van der Waals surface area contributed by atoms with Crippen molar-refractivity contribution in [3.8, 4) is 11.5 Å². The number of fused-ring (bicyclic) bond motifs is 1. The highest BCUT2D eigenvalue weighted by Crippen LogP contribution is 2.37. The van der Waals surface area contributed by atoms with Gasteiger partial charge in [-0.15, -0.1) is 0 Å². The third-order valence-corrected chi connectivity index (χ3v) is 5.66. The van der Waals surface area contributed by atoms with Gasteiger partial charge in [-0.05, 0) is 69.0 Å². The van der Waals surface area contributed by atoms with Crippen LogP contribution in [0.4, 0.5) is 11.4 Å². The van der Waals surface area contributed by atoms with Crippen LogP contribution < -0.4 is 14.9 Å². The lowest BCUT2D eigenvalue weighted by Gasteiger charge is -2.15. The fourth-order valence-corrected chi connectivity index (χ4v) is 4.05. The predicted octanol–water partition coefficient (Wildman–Crippen LogP) is 6.93. The molecular weight excluding hydrogens is 498 g/mol. The van der Waals surface area contributed by atoms with Gasteiger partial charge in [-0.25, -0.2) is 0 Å². The Morgan fingerprint density at radius 2 is 1.79 bits per heavy atom. The van der Waals surface area contributed by atoms with E-state index in [0.717, 1.165) is 21.0 Å². The van der Waals surface area contributed by atoms with E-state index in [1.807, 2.05) is 37.3 Å². The number of halogens is 1. The topological polar surface area (TPSA) is 86.0 Å². The lowest BCUT2D eigenvalue weighted by atomic mass is 10.1. The van der Waals surface area contributed by atoms with Crippen LogP contribution in [0.25, 0.3) is 10.8 Å². The number of non-ortho nitro benzene ring substituents is 1. The average Bonchev–Trinajstić information content (AvgIpc) is 2.84. The Morgan fingerprint density at radius 3 is 2.56 bits per heavy atom. The van der Waals surface area contributed by atoms with Crippen LogP contribution in [0.1, 0.15) is 18.1 Å². The maximum Gasteiger partial charge on any atom is 0.269 e. The molecular formula is C26H22BrN3O4. The zero-order valence-electron chi connectivity index (χ0n) is 18.4. The number of anilines is 1. The van der Waals surface area contributed by atoms with Crippen molar-refractivity contribution in [3.05, 3.63) is 105 Å². The Hall–Kier alpha value is -3.91. The summed E-state index contributed by atoms with van der Waals surface area (Å²) in [5.41, 5.74) is 5.42. The van der Waals surface area contributed by atoms with Crippen LogP contribution in [0.2, 0.25) is 0 Å². The van der Waals surface area contributed by atoms with Crippen LogP contribution in [0, 0.1) is 10.1 Å². The fourth-order valence-electron chi connectivity index (χ4n) is 3.47. The molecule has 0 saturated carbocycles. The van der Waals surface area contributed by atoms with E-state index >= 15 is 0 Å². The highest BCUT2D eigenvalue weighted by Gasteiger charge is 2.13. The van der Waals surface area contributed by atoms with Gasteiger partial charge in [0.2, 0.25) is 0 Å². The van der Waals surface area contributed by atoms with Crippen LogP contribution in [-0.4, -0.2) is 17.7 Å². The molecule has 0 aromatic heterocycles. The largest absolute Gasteiger partial charge is 0.490 e. The molecule has 0 saturated heterocycles. The number of hydrogen-bond donors (Lipinski definition) is 1. The summed E-state index contributed by atoms with van der Waals surface area (Å²) < 4.78 is 12.8. The molecule has 0 unspecified atom stereocenters. The number of nitrogens with zero attached hydrogens (tertiary/aromatic N) is 2. The van der Waals surface area contributed by atoms with Gasteiger partial charge in [0.05, 0.1) is 27.9 Å². The summed E-state index contributed by atoms with van der Waals surface area (Å²) in [6.45, 7) is 2.80. The molecule has 4 rings (SSSR count). The molecule has 1 N–H and O–H groups in total. The van der Waals surface area contributed by atoms with Crippen molar-refractivity contribution in [2.24, 2.45) is 5.10 Å². The fraction of sp³-hybridized carbons (Fsp3) is 0.115. The molecule has 0 aliphatic heterocycles. The molecule has 0 atom stereocenters. The first-order chi connectivity index (χ1) is 16.5. The number of nitro benzene ring substituents is 1. The molecule has 7 nitrogen and oxygen atoms in total. The second-order valence-corrected chi connectivity index (χ2v) is 8.22. The zero-order valence-corrected chi connectivity index (χ0v) is 20.0. The maximum atomic E-state index is 10.8. The molecule has 0 bridgehead atoms. The van der Waals surface area contributed by atoms with Crippen molar-refractivity contribution >= 4 is 44.3 Å². The monoisotopic (exact) mass is 519 g/mol. The van der Waals surface area contributed by atoms with Gasteiger partial charge in [0.1, 0.15) is 6.61 Å². The first-order valence-electron chi connectivity index (χ1n) is 10.6. The van der Waals surface area contributed by atoms with E-state index in [-0.39, 0.29) is 5.69 Å². The quantitative estimate of drug-likeness (QED) is 0.147. The number of nitrogens with one attached hydrogen (secondary N) is 1. The Morgan fingerprint density at radius 1 is 1.03 bits per heavy atom. The number of benzene rings is 4. The van der Waals surface area contributed by atoms with E-state index in [1.165, 1.54) is 17.5 Å². The van der Waals surface area contributed by atoms with Crippen LogP contribution >= 0.6 is 15.9 Å². The predicted molar refractivity (Wildman–Crippen MR) is 138 cm³/mol. The number of hydrazone groups is 1. The molecule has 0 amide bonds. The molecule has 34 heavy (non-hydrogen) atoms. The van der Waals surface area contributed by atoms with Crippen molar-refractivity contribution < 1.29 is 14.4 Å². The minimum absolute atomic E-state index is 0.0268. The number of ether oxygens (including phenoxy) is 2. The first-order valence-corrected chi connectivity index (χ1v) is 11.4. The van der Waals surface area contributed by atoms with E-state index in [4.69, 9.17) is 9.47 Å². The summed E-state index contributed by atoms with van der Waals surface area (Å²) in [7, 11) is 0. The minimum atomic E-state index is -0.441. The van der Waals surface area contributed by atoms with Gasteiger partial charge in [-0.3, -0.25) is 15.5 Å². The molecule has 0 heterocycles. The molecule has 0 fully saturated rings. The molecule has 0 aliphatic rings. The molecule has 172 valence electrons. The van der Waals surface area contributed by atoms with E-state index in [1.54, 1.807) is 18.3 Å². The Kier molecular flexibility index (Phi) is 7.39. The molecule has 0 radical (unpaired) electrons. The normalized spacial score (nSPS) is 11.0. The summed E-state index contributed by atoms with van der Waals surface area (Å²) in [6, 6.07) is 24.2. The van der Waals surface area contributed by atoms with Gasteiger partial charge >= 0.3 is 0 Å². The number of nitro groups is 1. The summed E-state index contributed by atoms with van der Waals surface area (Å²) in [5.74, 6) is 1.23. The molecule has 0 spiro atoms. The molecule has 4 aromatic rings. The third-order valence-electron chi connectivity index (χ3n) is 5.07. The highest BCUT2D eigenvalue weighted by molar-refractivity contribution is 9.10. The standard InChI is InChI=1S/C26H22BrN3O4/c1-2-33-25-15-18(16-28-29-21-10-12-22(13-11-21)30(31)32)14-24(27)26(25)34-17-20-8-5-7-19-6-3-4-9-23(19)20/h3-16,29H,2,17H2,1H3/b28-16-. The molecule has 8 heteroatoms. The highest BCUT2D eigenvalue weighted by atomic mass is 79.9. The van der Waals surface area contributed by atoms with Crippen LogP contribution in [0.3, 0.4) is 0 Å². The van der Waals surface area contributed by atoms with Crippen molar-refractivity contribution in [2.75, 3.05) is 12.0 Å². The van der Waals surface area contributed by atoms with Crippen LogP contribution in [0.15, 0.2) is 88.4 Å². The van der Waals surface area contributed by atoms with E-state index in [0.29, 0.717) is 30.4 Å². The minimum Gasteiger partial charge on any atom is -0.490 e. The Bertz CT molecular complexity index is 1330. The molecule has 4 aromatic carbocycles. The van der Waals surface area contributed by atoms with Gasteiger partial charge in [0.15, 0.2) is 11.5 Å². The van der Waals surface area contributed by atoms with Crippen molar-refractivity contribution in [2.45, 2.75) is 13.5 Å². The van der Waals surface area contributed by atoms with Gasteiger partial charge in [0.25, 0.3) is 5.69 Å². The summed E-state index contributed by atoms with van der Waals surface area (Å²) in [5, 5.41) is 17.3. The second-order valence-electron chi connectivity index (χ2n) is 7.36. The number of rotatable bonds is 9. The zero-order chi connectivity index (χ0) is 23.9.